The van der Waals surface area contributed by atoms with E-state index >= 15 is 0 Å². The first kappa shape index (κ1) is 8.92. The van der Waals surface area contributed by atoms with E-state index in [0.717, 1.165) is 17.9 Å². The molecule has 0 aromatic heterocycles. The van der Waals surface area contributed by atoms with Crippen molar-refractivity contribution in [1.29, 1.82) is 0 Å². The number of carbonyl (C=O) groups is 1. The van der Waals surface area contributed by atoms with Gasteiger partial charge in [0, 0.05) is 12.7 Å². The largest absolute Gasteiger partial charge is 0.365 e. The zero-order chi connectivity index (χ0) is 10.6. The maximum Gasteiger partial charge on any atom is 0.231 e. The molecule has 0 radical (unpaired) electrons. The number of hydrogen-bond acceptors (Lipinski definition) is 2. The molecule has 1 amide bonds. The smallest absolute Gasteiger partial charge is 0.231 e. The summed E-state index contributed by atoms with van der Waals surface area (Å²) in [5, 5.41) is 0. The van der Waals surface area contributed by atoms with E-state index in [1.807, 2.05) is 13.1 Å². The molecule has 1 aromatic rings. The van der Waals surface area contributed by atoms with Crippen molar-refractivity contribution >= 4 is 11.6 Å². The number of ether oxygens (including phenoxy) is 1. The molecule has 1 fully saturated rings. The van der Waals surface area contributed by atoms with Crippen LogP contribution in [0.15, 0.2) is 18.2 Å². The highest BCUT2D eigenvalue weighted by molar-refractivity contribution is 6.00. The molecule has 2 aliphatic heterocycles. The molecule has 2 heterocycles. The van der Waals surface area contributed by atoms with E-state index in [2.05, 4.69) is 19.1 Å². The zero-order valence-electron chi connectivity index (χ0n) is 8.91. The number of benzene rings is 1. The van der Waals surface area contributed by atoms with Gasteiger partial charge < -0.3 is 9.64 Å². The Morgan fingerprint density at radius 1 is 1.47 bits per heavy atom. The third kappa shape index (κ3) is 1.20. The Morgan fingerprint density at radius 2 is 2.20 bits per heavy atom. The van der Waals surface area contributed by atoms with Gasteiger partial charge in [-0.25, -0.2) is 0 Å². The predicted octanol–water partition coefficient (Wildman–Crippen LogP) is 1.45. The van der Waals surface area contributed by atoms with Gasteiger partial charge in [-0.1, -0.05) is 12.1 Å². The summed E-state index contributed by atoms with van der Waals surface area (Å²) < 4.78 is 5.40. The van der Waals surface area contributed by atoms with Crippen LogP contribution in [0.1, 0.15) is 18.1 Å². The highest BCUT2D eigenvalue weighted by atomic mass is 16.6. The molecule has 0 spiro atoms. The number of likely N-dealkylation sites (N-methyl/N-ethyl adjacent to an activating group) is 1. The van der Waals surface area contributed by atoms with Crippen molar-refractivity contribution in [3.05, 3.63) is 29.3 Å². The second-order valence-corrected chi connectivity index (χ2v) is 4.49. The van der Waals surface area contributed by atoms with Crippen LogP contribution in [0.3, 0.4) is 0 Å². The summed E-state index contributed by atoms with van der Waals surface area (Å²) in [5.74, 6) is 0.170. The Labute approximate surface area is 88.6 Å². The number of carbonyl (C=O) groups excluding carboxylic acids is 1. The van der Waals surface area contributed by atoms with Crippen LogP contribution in [0, 0.1) is 0 Å². The fraction of sp³-hybridized carbons (Fsp3) is 0.417. The van der Waals surface area contributed by atoms with Gasteiger partial charge in [-0.2, -0.15) is 0 Å². The van der Waals surface area contributed by atoms with Crippen molar-refractivity contribution in [2.45, 2.75) is 18.9 Å². The number of amides is 1. The van der Waals surface area contributed by atoms with Crippen LogP contribution in [-0.4, -0.2) is 19.6 Å². The number of epoxide rings is 1. The monoisotopic (exact) mass is 203 g/mol. The first-order valence-electron chi connectivity index (χ1n) is 5.14. The zero-order valence-corrected chi connectivity index (χ0v) is 8.91. The fourth-order valence-electron chi connectivity index (χ4n) is 2.07. The molecule has 78 valence electrons. The second kappa shape index (κ2) is 2.61. The average Bonchev–Trinajstić information content (AvgIpc) is 2.90. The number of fused-ring (bicyclic) bond motifs is 1. The molecule has 15 heavy (non-hydrogen) atoms. The molecule has 3 heteroatoms. The highest BCUT2D eigenvalue weighted by Crippen LogP contribution is 2.40. The first-order chi connectivity index (χ1) is 7.10. The van der Waals surface area contributed by atoms with Crippen molar-refractivity contribution in [3.63, 3.8) is 0 Å². The molecular formula is C12H13NO2. The molecule has 1 aromatic carbocycles. The maximum atomic E-state index is 11.5. The maximum absolute atomic E-state index is 11.5. The number of anilines is 1. The molecule has 0 saturated carbocycles. The van der Waals surface area contributed by atoms with Crippen molar-refractivity contribution in [2.75, 3.05) is 18.6 Å². The Hall–Kier alpha value is -1.35. The molecule has 0 N–H and O–H groups in total. The minimum absolute atomic E-state index is 0.0980. The molecule has 1 saturated heterocycles. The Balaban J connectivity index is 2.05. The lowest BCUT2D eigenvalue weighted by Gasteiger charge is -2.11. The van der Waals surface area contributed by atoms with Gasteiger partial charge in [0.1, 0.15) is 5.60 Å². The van der Waals surface area contributed by atoms with Crippen LogP contribution in [0.2, 0.25) is 0 Å². The number of nitrogens with zero attached hydrogens (tertiary/aromatic N) is 1. The SMILES string of the molecule is CN1C(=O)Cc2cc(C3(C)CO3)ccc21. The Bertz CT molecular complexity index is 449. The van der Waals surface area contributed by atoms with Gasteiger partial charge in [-0.15, -0.1) is 0 Å². The predicted molar refractivity (Wildman–Crippen MR) is 56.9 cm³/mol. The molecule has 2 aliphatic rings. The molecule has 0 bridgehead atoms. The van der Waals surface area contributed by atoms with Gasteiger partial charge in [-0.05, 0) is 24.1 Å². The van der Waals surface area contributed by atoms with Crippen LogP contribution in [0.5, 0.6) is 0 Å². The molecule has 3 nitrogen and oxygen atoms in total. The molecule has 3 rings (SSSR count). The fourth-order valence-corrected chi connectivity index (χ4v) is 2.07. The van der Waals surface area contributed by atoms with Gasteiger partial charge in [0.25, 0.3) is 0 Å². The standard InChI is InChI=1S/C12H13NO2/c1-12(7-15-12)9-3-4-10-8(5-9)6-11(14)13(10)2/h3-5H,6-7H2,1-2H3. The topological polar surface area (TPSA) is 32.8 Å². The minimum atomic E-state index is -0.0980. The van der Waals surface area contributed by atoms with Gasteiger partial charge >= 0.3 is 0 Å². The van der Waals surface area contributed by atoms with Crippen molar-refractivity contribution in [2.24, 2.45) is 0 Å². The first-order valence-corrected chi connectivity index (χ1v) is 5.14. The van der Waals surface area contributed by atoms with Crippen LogP contribution >= 0.6 is 0 Å². The van der Waals surface area contributed by atoms with E-state index in [1.165, 1.54) is 5.56 Å². The molecule has 0 aliphatic carbocycles. The molecule has 1 unspecified atom stereocenters. The second-order valence-electron chi connectivity index (χ2n) is 4.49. The summed E-state index contributed by atoms with van der Waals surface area (Å²) in [5.41, 5.74) is 3.24. The number of rotatable bonds is 1. The van der Waals surface area contributed by atoms with Gasteiger partial charge in [0.15, 0.2) is 0 Å². The van der Waals surface area contributed by atoms with Crippen LogP contribution in [0.4, 0.5) is 5.69 Å². The van der Waals surface area contributed by atoms with Gasteiger partial charge in [0.2, 0.25) is 5.91 Å². The average molecular weight is 203 g/mol. The van der Waals surface area contributed by atoms with Crippen LogP contribution < -0.4 is 4.90 Å². The van der Waals surface area contributed by atoms with E-state index in [1.54, 1.807) is 4.90 Å². The summed E-state index contributed by atoms with van der Waals surface area (Å²) in [4.78, 5) is 13.2. The highest BCUT2D eigenvalue weighted by Gasteiger charge is 2.41. The molecule has 1 atom stereocenters. The Kier molecular flexibility index (Phi) is 1.55. The summed E-state index contributed by atoms with van der Waals surface area (Å²) in [6.07, 6.45) is 0.524. The Morgan fingerprint density at radius 3 is 2.87 bits per heavy atom. The van der Waals surface area contributed by atoms with Crippen LogP contribution in [0.25, 0.3) is 0 Å². The summed E-state index contributed by atoms with van der Waals surface area (Å²) in [6, 6.07) is 6.17. The van der Waals surface area contributed by atoms with E-state index in [-0.39, 0.29) is 11.5 Å². The lowest BCUT2D eigenvalue weighted by molar-refractivity contribution is -0.117. The quantitative estimate of drug-likeness (QED) is 0.647. The third-order valence-corrected chi connectivity index (χ3v) is 3.34. The van der Waals surface area contributed by atoms with E-state index in [9.17, 15) is 4.79 Å². The van der Waals surface area contributed by atoms with E-state index < -0.39 is 0 Å². The summed E-state index contributed by atoms with van der Waals surface area (Å²) in [6.45, 7) is 2.87. The van der Waals surface area contributed by atoms with Gasteiger partial charge in [0.05, 0.1) is 13.0 Å². The lowest BCUT2D eigenvalue weighted by atomic mass is 9.99. The normalized spacial score (nSPS) is 28.1. The summed E-state index contributed by atoms with van der Waals surface area (Å²) >= 11 is 0. The van der Waals surface area contributed by atoms with Crippen LogP contribution in [-0.2, 0) is 21.6 Å². The lowest BCUT2D eigenvalue weighted by Crippen LogP contribution is -2.20. The van der Waals surface area contributed by atoms with Crippen molar-refractivity contribution < 1.29 is 9.53 Å². The van der Waals surface area contributed by atoms with Crippen molar-refractivity contribution in [1.82, 2.24) is 0 Å². The summed E-state index contributed by atoms with van der Waals surface area (Å²) in [7, 11) is 1.82. The van der Waals surface area contributed by atoms with Gasteiger partial charge in [-0.3, -0.25) is 4.79 Å². The minimum Gasteiger partial charge on any atom is -0.365 e. The molecular weight excluding hydrogens is 190 g/mol. The van der Waals surface area contributed by atoms with E-state index in [4.69, 9.17) is 4.74 Å². The third-order valence-electron chi connectivity index (χ3n) is 3.34. The van der Waals surface area contributed by atoms with Crippen molar-refractivity contribution in [3.8, 4) is 0 Å². The van der Waals surface area contributed by atoms with E-state index in [0.29, 0.717) is 6.42 Å². The number of hydrogen-bond donors (Lipinski definition) is 0.